The van der Waals surface area contributed by atoms with Gasteiger partial charge in [-0.2, -0.15) is 0 Å². The molecule has 0 heterocycles. The first-order valence-corrected chi connectivity index (χ1v) is 6.12. The van der Waals surface area contributed by atoms with Gasteiger partial charge < -0.3 is 5.11 Å². The van der Waals surface area contributed by atoms with E-state index in [0.29, 0.717) is 6.04 Å². The quantitative estimate of drug-likeness (QED) is 0.864. The molecule has 0 saturated heterocycles. The van der Waals surface area contributed by atoms with Crippen LogP contribution < -0.4 is 0 Å². The molecule has 0 aromatic heterocycles. The molecule has 0 saturated carbocycles. The Labute approximate surface area is 102 Å². The van der Waals surface area contributed by atoms with Crippen molar-refractivity contribution in [1.29, 1.82) is 0 Å². The third-order valence-electron chi connectivity index (χ3n) is 3.48. The Balaban J connectivity index is 2.11. The molecule has 1 aliphatic rings. The van der Waals surface area contributed by atoms with Crippen LogP contribution in [0, 0.1) is 0 Å². The summed E-state index contributed by atoms with van der Waals surface area (Å²) in [6.45, 7) is 4.26. The third kappa shape index (κ3) is 2.67. The van der Waals surface area contributed by atoms with Gasteiger partial charge in [0.2, 0.25) is 0 Å². The fraction of sp³-hybridized carbons (Fsp3) is 0.500. The Bertz CT molecular complexity index is 389. The van der Waals surface area contributed by atoms with Gasteiger partial charge in [-0.15, -0.1) is 0 Å². The molecular weight excluding hydrogens is 214 g/mol. The van der Waals surface area contributed by atoms with Gasteiger partial charge in [0.05, 0.1) is 6.54 Å². The minimum Gasteiger partial charge on any atom is -0.480 e. The maximum Gasteiger partial charge on any atom is 0.317 e. The molecule has 17 heavy (non-hydrogen) atoms. The monoisotopic (exact) mass is 233 g/mol. The van der Waals surface area contributed by atoms with Gasteiger partial charge in [-0.1, -0.05) is 24.3 Å². The number of rotatable bonds is 4. The average Bonchev–Trinajstić information content (AvgIpc) is 2.68. The molecule has 2 rings (SSSR count). The van der Waals surface area contributed by atoms with Crippen LogP contribution in [0.2, 0.25) is 0 Å². The predicted molar refractivity (Wildman–Crippen MR) is 67.1 cm³/mol. The van der Waals surface area contributed by atoms with Gasteiger partial charge >= 0.3 is 5.97 Å². The van der Waals surface area contributed by atoms with E-state index in [-0.39, 0.29) is 12.6 Å². The lowest BCUT2D eigenvalue weighted by Gasteiger charge is -2.30. The lowest BCUT2D eigenvalue weighted by molar-refractivity contribution is -0.139. The molecule has 1 aromatic rings. The number of benzene rings is 1. The zero-order chi connectivity index (χ0) is 12.4. The molecule has 3 nitrogen and oxygen atoms in total. The summed E-state index contributed by atoms with van der Waals surface area (Å²) in [7, 11) is 0. The van der Waals surface area contributed by atoms with E-state index in [1.54, 1.807) is 0 Å². The molecule has 0 amide bonds. The van der Waals surface area contributed by atoms with Crippen molar-refractivity contribution in [3.63, 3.8) is 0 Å². The normalized spacial score (nSPS) is 15.5. The Hall–Kier alpha value is -1.35. The molecule has 1 N–H and O–H groups in total. The van der Waals surface area contributed by atoms with Crippen LogP contribution in [0.4, 0.5) is 0 Å². The fourth-order valence-electron chi connectivity index (χ4n) is 2.66. The van der Waals surface area contributed by atoms with Crippen molar-refractivity contribution < 1.29 is 9.90 Å². The zero-order valence-electron chi connectivity index (χ0n) is 10.4. The maximum absolute atomic E-state index is 10.9. The first-order chi connectivity index (χ1) is 8.08. The number of hydrogen-bond donors (Lipinski definition) is 1. The second kappa shape index (κ2) is 4.88. The lowest BCUT2D eigenvalue weighted by atomic mass is 10.1. The van der Waals surface area contributed by atoms with Crippen molar-refractivity contribution in [2.24, 2.45) is 0 Å². The van der Waals surface area contributed by atoms with E-state index in [1.807, 2.05) is 0 Å². The summed E-state index contributed by atoms with van der Waals surface area (Å²) in [4.78, 5) is 13.0. The first kappa shape index (κ1) is 12.1. The van der Waals surface area contributed by atoms with Crippen LogP contribution in [0.5, 0.6) is 0 Å². The van der Waals surface area contributed by atoms with E-state index in [1.165, 1.54) is 11.1 Å². The molecule has 3 heteroatoms. The third-order valence-corrected chi connectivity index (χ3v) is 3.48. The van der Waals surface area contributed by atoms with Gasteiger partial charge in [0.15, 0.2) is 0 Å². The minimum atomic E-state index is -0.741. The van der Waals surface area contributed by atoms with Crippen LogP contribution in [0.1, 0.15) is 25.0 Å². The van der Waals surface area contributed by atoms with E-state index in [2.05, 4.69) is 43.0 Å². The van der Waals surface area contributed by atoms with Crippen LogP contribution in [0.3, 0.4) is 0 Å². The number of hydrogen-bond acceptors (Lipinski definition) is 2. The highest BCUT2D eigenvalue weighted by Gasteiger charge is 2.29. The SMILES string of the molecule is CC(C)N(CC(=O)O)C1Cc2ccccc2C1. The molecule has 0 bridgehead atoms. The molecule has 0 atom stereocenters. The second-order valence-corrected chi connectivity index (χ2v) is 4.99. The zero-order valence-corrected chi connectivity index (χ0v) is 10.4. The second-order valence-electron chi connectivity index (χ2n) is 4.99. The van der Waals surface area contributed by atoms with Gasteiger partial charge in [0.1, 0.15) is 0 Å². The van der Waals surface area contributed by atoms with E-state index in [9.17, 15) is 4.79 Å². The summed E-state index contributed by atoms with van der Waals surface area (Å²) in [6.07, 6.45) is 1.95. The molecule has 0 unspecified atom stereocenters. The Kier molecular flexibility index (Phi) is 3.48. The van der Waals surface area contributed by atoms with Gasteiger partial charge in [-0.25, -0.2) is 0 Å². The molecule has 0 spiro atoms. The lowest BCUT2D eigenvalue weighted by Crippen LogP contribution is -2.44. The molecule has 92 valence electrons. The van der Waals surface area contributed by atoms with Crippen molar-refractivity contribution >= 4 is 5.97 Å². The number of carbonyl (C=O) groups is 1. The van der Waals surface area contributed by atoms with E-state index >= 15 is 0 Å². The summed E-state index contributed by atoms with van der Waals surface area (Å²) < 4.78 is 0. The topological polar surface area (TPSA) is 40.5 Å². The van der Waals surface area contributed by atoms with Crippen LogP contribution >= 0.6 is 0 Å². The van der Waals surface area contributed by atoms with E-state index < -0.39 is 5.97 Å². The summed E-state index contributed by atoms with van der Waals surface area (Å²) in [5.74, 6) is -0.741. The molecule has 0 aliphatic heterocycles. The van der Waals surface area contributed by atoms with Gasteiger partial charge in [-0.05, 0) is 37.8 Å². The van der Waals surface area contributed by atoms with Crippen LogP contribution in [-0.2, 0) is 17.6 Å². The Morgan fingerprint density at radius 3 is 2.29 bits per heavy atom. The molecule has 1 aliphatic carbocycles. The standard InChI is InChI=1S/C14H19NO2/c1-10(2)15(9-14(16)17)13-7-11-5-3-4-6-12(11)8-13/h3-6,10,13H,7-9H2,1-2H3,(H,16,17). The van der Waals surface area contributed by atoms with E-state index in [4.69, 9.17) is 5.11 Å². The van der Waals surface area contributed by atoms with Gasteiger partial charge in [0, 0.05) is 12.1 Å². The highest BCUT2D eigenvalue weighted by molar-refractivity contribution is 5.69. The van der Waals surface area contributed by atoms with Crippen molar-refractivity contribution in [3.05, 3.63) is 35.4 Å². The number of aliphatic carboxylic acids is 1. The van der Waals surface area contributed by atoms with Crippen molar-refractivity contribution in [3.8, 4) is 0 Å². The minimum absolute atomic E-state index is 0.135. The van der Waals surface area contributed by atoms with Crippen LogP contribution in [-0.4, -0.2) is 34.6 Å². The molecule has 1 aromatic carbocycles. The number of carboxylic acids is 1. The summed E-state index contributed by atoms with van der Waals surface area (Å²) in [5, 5.41) is 8.97. The fourth-order valence-corrected chi connectivity index (χ4v) is 2.66. The highest BCUT2D eigenvalue weighted by atomic mass is 16.4. The Morgan fingerprint density at radius 2 is 1.88 bits per heavy atom. The summed E-state index contributed by atoms with van der Waals surface area (Å²) in [5.41, 5.74) is 2.74. The first-order valence-electron chi connectivity index (χ1n) is 6.12. The van der Waals surface area contributed by atoms with E-state index in [0.717, 1.165) is 12.8 Å². The average molecular weight is 233 g/mol. The summed E-state index contributed by atoms with van der Waals surface area (Å²) in [6, 6.07) is 9.01. The van der Waals surface area contributed by atoms with Crippen molar-refractivity contribution in [2.45, 2.75) is 38.8 Å². The largest absolute Gasteiger partial charge is 0.480 e. The molecular formula is C14H19NO2. The van der Waals surface area contributed by atoms with Crippen LogP contribution in [0.25, 0.3) is 0 Å². The van der Waals surface area contributed by atoms with Crippen molar-refractivity contribution in [2.75, 3.05) is 6.54 Å². The number of fused-ring (bicyclic) bond motifs is 1. The summed E-state index contributed by atoms with van der Waals surface area (Å²) >= 11 is 0. The predicted octanol–water partition coefficient (Wildman–Crippen LogP) is 1.95. The molecule has 0 radical (unpaired) electrons. The number of nitrogens with zero attached hydrogens (tertiary/aromatic N) is 1. The highest BCUT2D eigenvalue weighted by Crippen LogP contribution is 2.26. The number of carboxylic acid groups (broad SMARTS) is 1. The molecule has 0 fully saturated rings. The van der Waals surface area contributed by atoms with Gasteiger partial charge in [0.25, 0.3) is 0 Å². The van der Waals surface area contributed by atoms with Crippen molar-refractivity contribution in [1.82, 2.24) is 4.90 Å². The van der Waals surface area contributed by atoms with Gasteiger partial charge in [-0.3, -0.25) is 9.69 Å². The smallest absolute Gasteiger partial charge is 0.317 e. The van der Waals surface area contributed by atoms with Crippen LogP contribution in [0.15, 0.2) is 24.3 Å². The Morgan fingerprint density at radius 1 is 1.35 bits per heavy atom. The maximum atomic E-state index is 10.9.